The van der Waals surface area contributed by atoms with Gasteiger partial charge in [0.1, 0.15) is 0 Å². The molecule has 0 amide bonds. The largest absolute Gasteiger partial charge is 0.393 e. The SMILES string of the molecule is O[C@@H]1CCC[C@H]1Cc1sncc1Br. The lowest BCUT2D eigenvalue weighted by Crippen LogP contribution is -2.14. The Morgan fingerprint density at radius 1 is 1.62 bits per heavy atom. The molecule has 1 aromatic rings. The van der Waals surface area contributed by atoms with E-state index in [1.807, 2.05) is 6.20 Å². The molecule has 1 saturated carbocycles. The zero-order valence-electron chi connectivity index (χ0n) is 7.24. The van der Waals surface area contributed by atoms with Crippen molar-refractivity contribution >= 4 is 27.5 Å². The van der Waals surface area contributed by atoms with E-state index in [1.165, 1.54) is 22.8 Å². The van der Waals surface area contributed by atoms with Gasteiger partial charge in [0.05, 0.1) is 16.8 Å². The van der Waals surface area contributed by atoms with Gasteiger partial charge in [-0.05, 0) is 52.6 Å². The smallest absolute Gasteiger partial charge is 0.0571 e. The van der Waals surface area contributed by atoms with Gasteiger partial charge in [0.15, 0.2) is 0 Å². The fourth-order valence-corrected chi connectivity index (χ4v) is 3.21. The van der Waals surface area contributed by atoms with Gasteiger partial charge < -0.3 is 5.11 Å². The third-order valence-electron chi connectivity index (χ3n) is 2.66. The Labute approximate surface area is 90.3 Å². The number of aliphatic hydroxyl groups is 1. The number of hydrogen-bond donors (Lipinski definition) is 1. The lowest BCUT2D eigenvalue weighted by Gasteiger charge is -2.12. The predicted molar refractivity (Wildman–Crippen MR) is 56.9 cm³/mol. The van der Waals surface area contributed by atoms with Crippen LogP contribution in [0.2, 0.25) is 0 Å². The zero-order valence-corrected chi connectivity index (χ0v) is 9.64. The van der Waals surface area contributed by atoms with Crippen LogP contribution < -0.4 is 0 Å². The fraction of sp³-hybridized carbons (Fsp3) is 0.667. The minimum atomic E-state index is -0.0889. The van der Waals surface area contributed by atoms with Crippen LogP contribution in [0.15, 0.2) is 10.7 Å². The van der Waals surface area contributed by atoms with Crippen molar-refractivity contribution in [2.75, 3.05) is 0 Å². The van der Waals surface area contributed by atoms with Gasteiger partial charge in [0.2, 0.25) is 0 Å². The molecule has 0 aliphatic heterocycles. The Bertz CT molecular complexity index is 289. The van der Waals surface area contributed by atoms with Crippen LogP contribution in [0.3, 0.4) is 0 Å². The molecule has 1 aromatic heterocycles. The molecule has 2 nitrogen and oxygen atoms in total. The van der Waals surface area contributed by atoms with E-state index in [-0.39, 0.29) is 6.10 Å². The molecule has 0 bridgehead atoms. The van der Waals surface area contributed by atoms with Crippen LogP contribution in [-0.2, 0) is 6.42 Å². The first-order valence-corrected chi connectivity index (χ1v) is 6.11. The Balaban J connectivity index is 2.01. The van der Waals surface area contributed by atoms with Crippen LogP contribution in [-0.4, -0.2) is 15.6 Å². The maximum atomic E-state index is 9.65. The van der Waals surface area contributed by atoms with Gasteiger partial charge in [-0.15, -0.1) is 0 Å². The van der Waals surface area contributed by atoms with Gasteiger partial charge in [0.25, 0.3) is 0 Å². The first-order valence-electron chi connectivity index (χ1n) is 4.54. The number of nitrogens with zero attached hydrogens (tertiary/aromatic N) is 1. The van der Waals surface area contributed by atoms with E-state index in [9.17, 15) is 5.11 Å². The van der Waals surface area contributed by atoms with E-state index in [0.717, 1.165) is 23.7 Å². The second-order valence-electron chi connectivity index (χ2n) is 3.56. The normalized spacial score (nSPS) is 28.2. The third-order valence-corrected chi connectivity index (χ3v) is 4.43. The summed E-state index contributed by atoms with van der Waals surface area (Å²) in [5.74, 6) is 0.455. The number of hydrogen-bond acceptors (Lipinski definition) is 3. The Hall–Kier alpha value is 0.0700. The van der Waals surface area contributed by atoms with E-state index in [1.54, 1.807) is 0 Å². The minimum Gasteiger partial charge on any atom is -0.393 e. The van der Waals surface area contributed by atoms with Gasteiger partial charge in [-0.3, -0.25) is 0 Å². The zero-order chi connectivity index (χ0) is 9.26. The van der Waals surface area contributed by atoms with E-state index < -0.39 is 0 Å². The van der Waals surface area contributed by atoms with E-state index >= 15 is 0 Å². The quantitative estimate of drug-likeness (QED) is 0.888. The van der Waals surface area contributed by atoms with Crippen LogP contribution in [0, 0.1) is 5.92 Å². The van der Waals surface area contributed by atoms with E-state index in [4.69, 9.17) is 0 Å². The van der Waals surface area contributed by atoms with Crippen molar-refractivity contribution in [3.8, 4) is 0 Å². The third kappa shape index (κ3) is 2.11. The lowest BCUT2D eigenvalue weighted by atomic mass is 10.0. The molecule has 0 saturated heterocycles. The highest BCUT2D eigenvalue weighted by Gasteiger charge is 2.26. The van der Waals surface area contributed by atoms with Crippen molar-refractivity contribution in [1.29, 1.82) is 0 Å². The van der Waals surface area contributed by atoms with Gasteiger partial charge in [0, 0.05) is 4.88 Å². The molecule has 2 atom stereocenters. The predicted octanol–water partition coefficient (Wildman–Crippen LogP) is 2.61. The number of aliphatic hydroxyl groups excluding tert-OH is 1. The van der Waals surface area contributed by atoms with Crippen molar-refractivity contribution < 1.29 is 5.11 Å². The monoisotopic (exact) mass is 261 g/mol. The first-order chi connectivity index (χ1) is 6.27. The van der Waals surface area contributed by atoms with Crippen molar-refractivity contribution in [2.24, 2.45) is 5.92 Å². The van der Waals surface area contributed by atoms with Crippen LogP contribution in [0.4, 0.5) is 0 Å². The average Bonchev–Trinajstić information content (AvgIpc) is 2.65. The summed E-state index contributed by atoms with van der Waals surface area (Å²) < 4.78 is 5.20. The highest BCUT2D eigenvalue weighted by Crippen LogP contribution is 2.32. The van der Waals surface area contributed by atoms with Gasteiger partial charge >= 0.3 is 0 Å². The first kappa shape index (κ1) is 9.62. The molecule has 0 radical (unpaired) electrons. The summed E-state index contributed by atoms with van der Waals surface area (Å²) in [6.45, 7) is 0. The van der Waals surface area contributed by atoms with E-state index in [0.29, 0.717) is 5.92 Å². The Morgan fingerprint density at radius 3 is 3.00 bits per heavy atom. The van der Waals surface area contributed by atoms with Gasteiger partial charge in [-0.1, -0.05) is 6.42 Å². The summed E-state index contributed by atoms with van der Waals surface area (Å²) in [4.78, 5) is 1.27. The van der Waals surface area contributed by atoms with E-state index in [2.05, 4.69) is 20.3 Å². The molecular weight excluding hydrogens is 250 g/mol. The standard InChI is InChI=1S/C9H12BrNOS/c10-7-5-11-13-9(7)4-6-2-1-3-8(6)12/h5-6,8,12H,1-4H2/t6-,8+/m0/s1. The number of rotatable bonds is 2. The second-order valence-corrected chi connectivity index (χ2v) is 5.30. The molecule has 1 fully saturated rings. The summed E-state index contributed by atoms with van der Waals surface area (Å²) in [6.07, 6.45) is 6.02. The van der Waals surface area contributed by atoms with Crippen molar-refractivity contribution in [3.63, 3.8) is 0 Å². The summed E-state index contributed by atoms with van der Waals surface area (Å²) >= 11 is 4.99. The molecule has 13 heavy (non-hydrogen) atoms. The second kappa shape index (κ2) is 4.07. The molecule has 0 aromatic carbocycles. The highest BCUT2D eigenvalue weighted by molar-refractivity contribution is 9.10. The highest BCUT2D eigenvalue weighted by atomic mass is 79.9. The van der Waals surface area contributed by atoms with Crippen molar-refractivity contribution in [1.82, 2.24) is 4.37 Å². The molecule has 1 aliphatic carbocycles. The number of halogens is 1. The average molecular weight is 262 g/mol. The van der Waals surface area contributed by atoms with Crippen molar-refractivity contribution in [2.45, 2.75) is 31.8 Å². The molecule has 1 heterocycles. The lowest BCUT2D eigenvalue weighted by molar-refractivity contribution is 0.133. The summed E-state index contributed by atoms with van der Waals surface area (Å²) in [5, 5.41) is 9.65. The molecule has 1 aliphatic rings. The molecule has 0 unspecified atom stereocenters. The molecule has 1 N–H and O–H groups in total. The van der Waals surface area contributed by atoms with Crippen LogP contribution in [0.5, 0.6) is 0 Å². The summed E-state index contributed by atoms with van der Waals surface area (Å²) in [6, 6.07) is 0. The summed E-state index contributed by atoms with van der Waals surface area (Å²) in [7, 11) is 0. The van der Waals surface area contributed by atoms with Crippen molar-refractivity contribution in [3.05, 3.63) is 15.5 Å². The van der Waals surface area contributed by atoms with Crippen LogP contribution in [0.25, 0.3) is 0 Å². The number of aromatic nitrogens is 1. The maximum absolute atomic E-state index is 9.65. The molecule has 2 rings (SSSR count). The van der Waals surface area contributed by atoms with Gasteiger partial charge in [-0.2, -0.15) is 4.37 Å². The topological polar surface area (TPSA) is 33.1 Å². The molecule has 72 valence electrons. The molecule has 4 heteroatoms. The maximum Gasteiger partial charge on any atom is 0.0571 e. The van der Waals surface area contributed by atoms with Crippen LogP contribution >= 0.6 is 27.5 Å². The van der Waals surface area contributed by atoms with Crippen LogP contribution in [0.1, 0.15) is 24.1 Å². The minimum absolute atomic E-state index is 0.0889. The Kier molecular flexibility index (Phi) is 3.01. The molecular formula is C9H12BrNOS. The fourth-order valence-electron chi connectivity index (χ4n) is 1.88. The molecule has 0 spiro atoms. The van der Waals surface area contributed by atoms with Gasteiger partial charge in [-0.25, -0.2) is 0 Å². The Morgan fingerprint density at radius 2 is 2.46 bits per heavy atom. The summed E-state index contributed by atoms with van der Waals surface area (Å²) in [5.41, 5.74) is 0.